The topological polar surface area (TPSA) is 143 Å². The number of piperidine rings is 2. The third kappa shape index (κ3) is 6.73. The molecule has 2 fully saturated rings. The number of aryl methyl sites for hydroxylation is 2. The highest BCUT2D eigenvalue weighted by Crippen LogP contribution is 2.31. The molecular formula is C29H41N7O3. The highest BCUT2D eigenvalue weighted by Gasteiger charge is 2.31. The van der Waals surface area contributed by atoms with Gasteiger partial charge in [0.15, 0.2) is 0 Å². The molecule has 5 N–H and O–H groups in total. The van der Waals surface area contributed by atoms with Crippen molar-refractivity contribution < 1.29 is 9.59 Å². The lowest BCUT2D eigenvalue weighted by Crippen LogP contribution is -2.44. The van der Waals surface area contributed by atoms with E-state index in [1.165, 1.54) is 0 Å². The second-order valence-electron chi connectivity index (χ2n) is 11.0. The van der Waals surface area contributed by atoms with E-state index >= 15 is 0 Å². The molecule has 4 heterocycles. The van der Waals surface area contributed by atoms with E-state index in [9.17, 15) is 14.4 Å². The quantitative estimate of drug-likeness (QED) is 0.329. The number of nitrogens with zero attached hydrogens (tertiary/aromatic N) is 2. The Kier molecular flexibility index (Phi) is 9.16. The molecule has 210 valence electrons. The second kappa shape index (κ2) is 12.5. The average molecular weight is 536 g/mol. The Bertz CT molecular complexity index is 1270. The number of pyridine rings is 2. The van der Waals surface area contributed by atoms with Crippen LogP contribution in [0, 0.1) is 25.2 Å². The van der Waals surface area contributed by atoms with E-state index in [0.717, 1.165) is 61.9 Å². The summed E-state index contributed by atoms with van der Waals surface area (Å²) in [6, 6.07) is 3.71. The molecule has 2 aromatic heterocycles. The maximum atomic E-state index is 13.4. The van der Waals surface area contributed by atoms with Crippen molar-refractivity contribution in [2.75, 3.05) is 31.5 Å². The average Bonchev–Trinajstić information content (AvgIpc) is 2.91. The molecule has 10 heteroatoms. The summed E-state index contributed by atoms with van der Waals surface area (Å²) in [6.07, 6.45) is 4.48. The van der Waals surface area contributed by atoms with Gasteiger partial charge in [-0.2, -0.15) is 0 Å². The van der Waals surface area contributed by atoms with Crippen LogP contribution >= 0.6 is 0 Å². The van der Waals surface area contributed by atoms with Crippen LogP contribution < -0.4 is 21.5 Å². The van der Waals surface area contributed by atoms with Gasteiger partial charge in [-0.25, -0.2) is 4.98 Å². The van der Waals surface area contributed by atoms with Crippen molar-refractivity contribution in [3.8, 4) is 0 Å². The number of anilines is 1. The minimum atomic E-state index is -0.359. The molecule has 0 bridgehead atoms. The molecule has 0 unspecified atom stereocenters. The lowest BCUT2D eigenvalue weighted by molar-refractivity contribution is -0.137. The first-order valence-corrected chi connectivity index (χ1v) is 14.0. The Morgan fingerprint density at radius 3 is 2.46 bits per heavy atom. The van der Waals surface area contributed by atoms with Crippen LogP contribution in [0.25, 0.3) is 0 Å². The van der Waals surface area contributed by atoms with Gasteiger partial charge in [0.05, 0.1) is 5.56 Å². The monoisotopic (exact) mass is 535 g/mol. The lowest BCUT2D eigenvalue weighted by atomic mass is 9.89. The van der Waals surface area contributed by atoms with Crippen LogP contribution in [0.2, 0.25) is 0 Å². The van der Waals surface area contributed by atoms with E-state index < -0.39 is 0 Å². The summed E-state index contributed by atoms with van der Waals surface area (Å²) in [4.78, 5) is 48.5. The maximum absolute atomic E-state index is 13.4. The highest BCUT2D eigenvalue weighted by atomic mass is 16.2. The van der Waals surface area contributed by atoms with Gasteiger partial charge in [0.25, 0.3) is 11.5 Å². The lowest BCUT2D eigenvalue weighted by Gasteiger charge is -2.35. The van der Waals surface area contributed by atoms with Gasteiger partial charge >= 0.3 is 0 Å². The number of nitrogens with one attached hydrogen (secondary N) is 5. The molecule has 0 atom stereocenters. The molecule has 0 radical (unpaired) electrons. The van der Waals surface area contributed by atoms with Crippen molar-refractivity contribution in [3.63, 3.8) is 0 Å². The molecule has 0 saturated carbocycles. The number of aromatic amines is 1. The highest BCUT2D eigenvalue weighted by molar-refractivity contribution is 6.04. The van der Waals surface area contributed by atoms with Gasteiger partial charge in [-0.05, 0) is 84.2 Å². The Balaban J connectivity index is 1.54. The number of carbonyl (C=O) groups excluding carboxylic acids is 2. The van der Waals surface area contributed by atoms with Gasteiger partial charge in [0, 0.05) is 66.2 Å². The van der Waals surface area contributed by atoms with Crippen LogP contribution in [0.4, 0.5) is 5.82 Å². The summed E-state index contributed by atoms with van der Waals surface area (Å²) < 4.78 is 0. The number of rotatable bonds is 8. The van der Waals surface area contributed by atoms with Gasteiger partial charge in [0.2, 0.25) is 5.91 Å². The minimum Gasteiger partial charge on any atom is -0.367 e. The number of H-pyrrole nitrogens is 1. The number of aromatic nitrogens is 2. The molecule has 2 aliphatic rings. The van der Waals surface area contributed by atoms with Crippen molar-refractivity contribution in [2.24, 2.45) is 5.92 Å². The van der Waals surface area contributed by atoms with Gasteiger partial charge < -0.3 is 31.2 Å². The Morgan fingerprint density at radius 1 is 1.15 bits per heavy atom. The molecule has 10 nitrogen and oxygen atoms in total. The Hall–Kier alpha value is -3.53. The standard InChI is InChI=1S/C29H41N7O3/c1-17(2)33-26-23(15-30)22(27(37)32-16-24-18(3)13-19(4)34-28(24)38)14-25(35-26)20-7-11-36(12-8-20)29(39)21-5-9-31-10-6-21/h13-15,17,20-21,30-31H,5-12,16H2,1-4H3,(H,32,37)(H,33,35)(H,34,38). The largest absolute Gasteiger partial charge is 0.367 e. The molecule has 2 aliphatic heterocycles. The van der Waals surface area contributed by atoms with E-state index in [2.05, 4.69) is 20.9 Å². The summed E-state index contributed by atoms with van der Waals surface area (Å²) in [6.45, 7) is 10.9. The molecule has 2 amide bonds. The molecular weight excluding hydrogens is 494 g/mol. The van der Waals surface area contributed by atoms with Crippen LogP contribution in [-0.4, -0.2) is 65.1 Å². The number of likely N-dealkylation sites (tertiary alicyclic amines) is 1. The summed E-state index contributed by atoms with van der Waals surface area (Å²) in [7, 11) is 0. The SMILES string of the molecule is Cc1cc(C)c(CNC(=O)c2cc(C3CCN(C(=O)C4CCNCC4)CC3)nc(NC(C)C)c2C=N)c(=O)[nH]1. The summed E-state index contributed by atoms with van der Waals surface area (Å²) in [5.74, 6) is 0.602. The minimum absolute atomic E-state index is 0.0561. The third-order valence-corrected chi connectivity index (χ3v) is 7.73. The van der Waals surface area contributed by atoms with Crippen molar-refractivity contribution >= 4 is 23.8 Å². The molecule has 2 aromatic rings. The third-order valence-electron chi connectivity index (χ3n) is 7.73. The van der Waals surface area contributed by atoms with Crippen LogP contribution in [0.3, 0.4) is 0 Å². The maximum Gasteiger partial charge on any atom is 0.253 e. The summed E-state index contributed by atoms with van der Waals surface area (Å²) in [5.41, 5.74) is 3.42. The van der Waals surface area contributed by atoms with Crippen molar-refractivity contribution in [3.05, 3.63) is 56.1 Å². The molecule has 0 aromatic carbocycles. The van der Waals surface area contributed by atoms with Crippen LogP contribution in [0.1, 0.15) is 83.9 Å². The van der Waals surface area contributed by atoms with Crippen LogP contribution in [0.5, 0.6) is 0 Å². The van der Waals surface area contributed by atoms with Crippen molar-refractivity contribution in [1.29, 1.82) is 5.41 Å². The van der Waals surface area contributed by atoms with E-state index in [4.69, 9.17) is 10.4 Å². The second-order valence-corrected chi connectivity index (χ2v) is 11.0. The number of hydrogen-bond acceptors (Lipinski definition) is 7. The first-order chi connectivity index (χ1) is 18.7. The molecule has 2 saturated heterocycles. The van der Waals surface area contributed by atoms with E-state index in [1.54, 1.807) is 6.07 Å². The van der Waals surface area contributed by atoms with E-state index in [1.807, 2.05) is 38.7 Å². The van der Waals surface area contributed by atoms with Gasteiger partial charge in [-0.3, -0.25) is 14.4 Å². The predicted octanol–water partition coefficient (Wildman–Crippen LogP) is 2.84. The predicted molar refractivity (Wildman–Crippen MR) is 153 cm³/mol. The first kappa shape index (κ1) is 28.5. The van der Waals surface area contributed by atoms with Crippen LogP contribution in [-0.2, 0) is 11.3 Å². The van der Waals surface area contributed by atoms with E-state index in [-0.39, 0.29) is 41.8 Å². The molecule has 4 rings (SSSR count). The number of amides is 2. The Morgan fingerprint density at radius 2 is 1.85 bits per heavy atom. The summed E-state index contributed by atoms with van der Waals surface area (Å²) in [5, 5.41) is 17.6. The zero-order valence-corrected chi connectivity index (χ0v) is 23.4. The Labute approximate surface area is 229 Å². The van der Waals surface area contributed by atoms with Gasteiger partial charge in [0.1, 0.15) is 5.82 Å². The number of carbonyl (C=O) groups is 2. The fourth-order valence-electron chi connectivity index (χ4n) is 5.59. The molecule has 39 heavy (non-hydrogen) atoms. The fourth-order valence-corrected chi connectivity index (χ4v) is 5.59. The van der Waals surface area contributed by atoms with Crippen molar-refractivity contribution in [2.45, 2.75) is 71.9 Å². The van der Waals surface area contributed by atoms with Gasteiger partial charge in [-0.1, -0.05) is 0 Å². The first-order valence-electron chi connectivity index (χ1n) is 14.0. The molecule has 0 spiro atoms. The summed E-state index contributed by atoms with van der Waals surface area (Å²) >= 11 is 0. The zero-order valence-electron chi connectivity index (χ0n) is 23.4. The smallest absolute Gasteiger partial charge is 0.253 e. The fraction of sp³-hybridized carbons (Fsp3) is 0.552. The zero-order chi connectivity index (χ0) is 28.1. The number of hydrogen-bond donors (Lipinski definition) is 5. The normalized spacial score (nSPS) is 16.8. The van der Waals surface area contributed by atoms with Crippen LogP contribution in [0.15, 0.2) is 16.9 Å². The van der Waals surface area contributed by atoms with E-state index in [0.29, 0.717) is 35.6 Å². The van der Waals surface area contributed by atoms with Gasteiger partial charge in [-0.15, -0.1) is 0 Å². The van der Waals surface area contributed by atoms with Crippen molar-refractivity contribution in [1.82, 2.24) is 25.5 Å². The molecule has 0 aliphatic carbocycles.